The lowest BCUT2D eigenvalue weighted by Gasteiger charge is -2.21. The van der Waals surface area contributed by atoms with E-state index in [1.165, 1.54) is 5.69 Å². The van der Waals surface area contributed by atoms with Gasteiger partial charge in [-0.3, -0.25) is 4.99 Å². The van der Waals surface area contributed by atoms with Crippen LogP contribution in [0.3, 0.4) is 0 Å². The third kappa shape index (κ3) is 5.25. The Kier molecular flexibility index (Phi) is 6.77. The van der Waals surface area contributed by atoms with Gasteiger partial charge >= 0.3 is 0 Å². The number of aromatic nitrogens is 2. The maximum absolute atomic E-state index is 4.47. The molecular weight excluding hydrogens is 404 g/mol. The topological polar surface area (TPSA) is 57.5 Å². The van der Waals surface area contributed by atoms with Crippen LogP contribution in [0.25, 0.3) is 0 Å². The van der Waals surface area contributed by atoms with Gasteiger partial charge in [-0.05, 0) is 40.4 Å². The second-order valence-corrected chi connectivity index (χ2v) is 8.20. The Bertz CT molecular complexity index is 769. The van der Waals surface area contributed by atoms with Gasteiger partial charge in [-0.2, -0.15) is 0 Å². The Balaban J connectivity index is 1.53. The molecule has 0 bridgehead atoms. The van der Waals surface area contributed by atoms with Crippen molar-refractivity contribution in [2.45, 2.75) is 39.4 Å². The zero-order valence-electron chi connectivity index (χ0n) is 16.3. The Labute approximate surface area is 170 Å². The number of hydrogen-bond acceptors (Lipinski definition) is 3. The second kappa shape index (κ2) is 9.26. The second-order valence-electron chi connectivity index (χ2n) is 7.34. The molecule has 0 amide bonds. The quantitative estimate of drug-likeness (QED) is 0.543. The highest BCUT2D eigenvalue weighted by Gasteiger charge is 2.24. The van der Waals surface area contributed by atoms with Crippen LogP contribution in [0.15, 0.2) is 46.1 Å². The molecule has 3 rings (SSSR count). The van der Waals surface area contributed by atoms with Crippen LogP contribution >= 0.6 is 15.9 Å². The molecule has 1 fully saturated rings. The fourth-order valence-electron chi connectivity index (χ4n) is 3.42. The van der Waals surface area contributed by atoms with Gasteiger partial charge in [-0.1, -0.05) is 26.0 Å². The van der Waals surface area contributed by atoms with E-state index in [2.05, 4.69) is 78.1 Å². The molecule has 1 aliphatic heterocycles. The minimum atomic E-state index is 0.374. The van der Waals surface area contributed by atoms with Gasteiger partial charge < -0.3 is 20.1 Å². The summed E-state index contributed by atoms with van der Waals surface area (Å²) in [6, 6.07) is 8.76. The molecule has 7 heteroatoms. The Morgan fingerprint density at radius 2 is 2.19 bits per heavy atom. The van der Waals surface area contributed by atoms with Crippen molar-refractivity contribution in [1.29, 1.82) is 0 Å². The van der Waals surface area contributed by atoms with Crippen molar-refractivity contribution in [3.8, 4) is 0 Å². The van der Waals surface area contributed by atoms with Crippen LogP contribution < -0.4 is 15.5 Å². The summed E-state index contributed by atoms with van der Waals surface area (Å²) < 4.78 is 3.35. The van der Waals surface area contributed by atoms with Crippen molar-refractivity contribution in [1.82, 2.24) is 20.2 Å². The molecule has 0 spiro atoms. The minimum absolute atomic E-state index is 0.374. The van der Waals surface area contributed by atoms with Gasteiger partial charge in [0.05, 0.1) is 12.2 Å². The lowest BCUT2D eigenvalue weighted by Crippen LogP contribution is -2.44. The van der Waals surface area contributed by atoms with Crippen LogP contribution in [0, 0.1) is 5.92 Å². The molecule has 1 unspecified atom stereocenters. The highest BCUT2D eigenvalue weighted by atomic mass is 79.9. The van der Waals surface area contributed by atoms with Gasteiger partial charge in [-0.15, -0.1) is 0 Å². The predicted molar refractivity (Wildman–Crippen MR) is 115 cm³/mol. The zero-order chi connectivity index (χ0) is 19.2. The molecule has 2 aromatic rings. The monoisotopic (exact) mass is 432 g/mol. The molecule has 6 nitrogen and oxygen atoms in total. The molecule has 0 saturated carbocycles. The number of rotatable bonds is 6. The van der Waals surface area contributed by atoms with E-state index in [-0.39, 0.29) is 0 Å². The van der Waals surface area contributed by atoms with E-state index in [0.717, 1.165) is 42.3 Å². The number of nitrogens with zero attached hydrogens (tertiary/aromatic N) is 4. The lowest BCUT2D eigenvalue weighted by atomic mass is 10.2. The van der Waals surface area contributed by atoms with E-state index in [9.17, 15) is 0 Å². The number of benzene rings is 1. The number of guanidine groups is 1. The molecule has 1 atom stereocenters. The zero-order valence-corrected chi connectivity index (χ0v) is 17.9. The number of nitrogens with one attached hydrogen (secondary N) is 2. The average molecular weight is 433 g/mol. The number of para-hydroxylation sites is 1. The van der Waals surface area contributed by atoms with Crippen LogP contribution in [-0.2, 0) is 13.1 Å². The smallest absolute Gasteiger partial charge is 0.191 e. The number of anilines is 1. The van der Waals surface area contributed by atoms with Crippen molar-refractivity contribution in [3.05, 3.63) is 47.0 Å². The first-order chi connectivity index (χ1) is 13.1. The first-order valence-electron chi connectivity index (χ1n) is 9.53. The first kappa shape index (κ1) is 19.7. The van der Waals surface area contributed by atoms with Crippen LogP contribution in [0.1, 0.15) is 26.1 Å². The van der Waals surface area contributed by atoms with Crippen LogP contribution in [-0.4, -0.2) is 41.7 Å². The Morgan fingerprint density at radius 1 is 1.37 bits per heavy atom. The Morgan fingerprint density at radius 3 is 2.93 bits per heavy atom. The van der Waals surface area contributed by atoms with Crippen molar-refractivity contribution < 1.29 is 0 Å². The third-order valence-electron chi connectivity index (χ3n) is 4.72. The minimum Gasteiger partial charge on any atom is -0.368 e. The van der Waals surface area contributed by atoms with E-state index >= 15 is 0 Å². The fourth-order valence-corrected chi connectivity index (χ4v) is 3.96. The number of imidazole rings is 1. The van der Waals surface area contributed by atoms with Gasteiger partial charge in [-0.25, -0.2) is 4.98 Å². The fraction of sp³-hybridized carbons (Fsp3) is 0.500. The largest absolute Gasteiger partial charge is 0.368 e. The van der Waals surface area contributed by atoms with Crippen molar-refractivity contribution in [2.75, 3.05) is 25.0 Å². The first-order valence-corrected chi connectivity index (χ1v) is 10.3. The molecule has 0 radical (unpaired) electrons. The predicted octanol–water partition coefficient (Wildman–Crippen LogP) is 3.25. The maximum Gasteiger partial charge on any atom is 0.191 e. The standard InChI is InChI=1S/C20H29BrN6/c1-15(2)13-27-11-9-23-19(27)12-24-20(22-3)25-16-8-10-26(14-16)18-7-5-4-6-17(18)21/h4-7,9,11,15-16H,8,10,12-14H2,1-3H3,(H2,22,24,25). The molecule has 146 valence electrons. The molecule has 0 aliphatic carbocycles. The lowest BCUT2D eigenvalue weighted by molar-refractivity contribution is 0.503. The highest BCUT2D eigenvalue weighted by Crippen LogP contribution is 2.28. The molecule has 27 heavy (non-hydrogen) atoms. The van der Waals surface area contributed by atoms with Crippen LogP contribution in [0.2, 0.25) is 0 Å². The van der Waals surface area contributed by atoms with Gasteiger partial charge in [0.25, 0.3) is 0 Å². The molecule has 1 aromatic heterocycles. The molecule has 1 saturated heterocycles. The number of aliphatic imine (C=N–C) groups is 1. The van der Waals surface area contributed by atoms with Crippen molar-refractivity contribution in [2.24, 2.45) is 10.9 Å². The third-order valence-corrected chi connectivity index (χ3v) is 5.39. The molecule has 2 heterocycles. The normalized spacial score (nSPS) is 17.6. The van der Waals surface area contributed by atoms with Gasteiger partial charge in [0.1, 0.15) is 5.82 Å². The van der Waals surface area contributed by atoms with E-state index in [1.807, 2.05) is 25.5 Å². The summed E-state index contributed by atoms with van der Waals surface area (Å²) in [5.41, 5.74) is 1.25. The van der Waals surface area contributed by atoms with Crippen molar-refractivity contribution >= 4 is 27.6 Å². The number of halogens is 1. The van der Waals surface area contributed by atoms with Gasteiger partial charge in [0.2, 0.25) is 0 Å². The number of hydrogen-bond donors (Lipinski definition) is 2. The molecule has 1 aromatic carbocycles. The van der Waals surface area contributed by atoms with E-state index in [4.69, 9.17) is 0 Å². The molecular formula is C20H29BrN6. The van der Waals surface area contributed by atoms with E-state index in [0.29, 0.717) is 18.5 Å². The Hall–Kier alpha value is -2.02. The summed E-state index contributed by atoms with van der Waals surface area (Å²) >= 11 is 3.65. The summed E-state index contributed by atoms with van der Waals surface area (Å²) in [7, 11) is 1.82. The van der Waals surface area contributed by atoms with E-state index in [1.54, 1.807) is 0 Å². The van der Waals surface area contributed by atoms with Gasteiger partial charge in [0, 0.05) is 49.6 Å². The van der Waals surface area contributed by atoms with Crippen LogP contribution in [0.5, 0.6) is 0 Å². The van der Waals surface area contributed by atoms with Crippen molar-refractivity contribution in [3.63, 3.8) is 0 Å². The van der Waals surface area contributed by atoms with Gasteiger partial charge in [0.15, 0.2) is 5.96 Å². The average Bonchev–Trinajstić information content (AvgIpc) is 3.28. The highest BCUT2D eigenvalue weighted by molar-refractivity contribution is 9.10. The summed E-state index contributed by atoms with van der Waals surface area (Å²) in [4.78, 5) is 11.3. The summed E-state index contributed by atoms with van der Waals surface area (Å²) in [6.45, 7) is 8.08. The summed E-state index contributed by atoms with van der Waals surface area (Å²) in [5, 5.41) is 6.96. The van der Waals surface area contributed by atoms with Crippen LogP contribution in [0.4, 0.5) is 5.69 Å². The molecule has 2 N–H and O–H groups in total. The SMILES string of the molecule is CN=C(NCc1nccn1CC(C)C)NC1CCN(c2ccccc2Br)C1. The summed E-state index contributed by atoms with van der Waals surface area (Å²) in [6.07, 6.45) is 4.99. The molecule has 1 aliphatic rings. The summed E-state index contributed by atoms with van der Waals surface area (Å²) in [5.74, 6) is 2.46. The van der Waals surface area contributed by atoms with E-state index < -0.39 is 0 Å². The maximum atomic E-state index is 4.47.